The fourth-order valence-corrected chi connectivity index (χ4v) is 3.33. The zero-order valence-corrected chi connectivity index (χ0v) is 15.9. The average Bonchev–Trinajstić information content (AvgIpc) is 3.03. The van der Waals surface area contributed by atoms with Gasteiger partial charge in [0, 0.05) is 16.6 Å². The number of fused-ring (bicyclic) bond motifs is 2. The fourth-order valence-electron chi connectivity index (χ4n) is 3.33. The molecule has 0 saturated heterocycles. The van der Waals surface area contributed by atoms with Gasteiger partial charge in [0.2, 0.25) is 5.91 Å². The Balaban J connectivity index is 1.56. The molecule has 0 bridgehead atoms. The number of rotatable bonds is 3. The van der Waals surface area contributed by atoms with E-state index >= 15 is 0 Å². The molecule has 1 aromatic heterocycles. The van der Waals surface area contributed by atoms with E-state index in [9.17, 15) is 4.79 Å². The second-order valence-corrected chi connectivity index (χ2v) is 8.01. The number of nitrogens with one attached hydrogen (secondary N) is 1. The van der Waals surface area contributed by atoms with E-state index in [0.29, 0.717) is 0 Å². The lowest BCUT2D eigenvalue weighted by atomic mass is 9.86. The maximum atomic E-state index is 12.6. The average molecular weight is 357 g/mol. The zero-order valence-electron chi connectivity index (χ0n) is 15.9. The normalized spacial score (nSPS) is 11.8. The molecule has 136 valence electrons. The van der Waals surface area contributed by atoms with Gasteiger partial charge >= 0.3 is 0 Å². The van der Waals surface area contributed by atoms with Gasteiger partial charge in [0.1, 0.15) is 5.58 Å². The number of benzene rings is 3. The van der Waals surface area contributed by atoms with Gasteiger partial charge in [-0.05, 0) is 46.0 Å². The van der Waals surface area contributed by atoms with Gasteiger partial charge in [0.25, 0.3) is 0 Å². The molecular weight excluding hydrogens is 334 g/mol. The maximum absolute atomic E-state index is 12.6. The quantitative estimate of drug-likeness (QED) is 0.484. The van der Waals surface area contributed by atoms with Crippen LogP contribution in [-0.4, -0.2) is 5.91 Å². The number of hydrogen-bond donors (Lipinski definition) is 1. The zero-order chi connectivity index (χ0) is 19.0. The molecule has 0 unspecified atom stereocenters. The molecule has 4 rings (SSSR count). The summed E-state index contributed by atoms with van der Waals surface area (Å²) in [7, 11) is 0. The lowest BCUT2D eigenvalue weighted by Crippen LogP contribution is -2.14. The van der Waals surface area contributed by atoms with Crippen molar-refractivity contribution in [1.29, 1.82) is 0 Å². The fraction of sp³-hybridized carbons (Fsp3) is 0.208. The van der Waals surface area contributed by atoms with Crippen molar-refractivity contribution in [2.24, 2.45) is 0 Å². The molecule has 3 heteroatoms. The molecule has 1 heterocycles. The third-order valence-electron chi connectivity index (χ3n) is 4.90. The Morgan fingerprint density at radius 2 is 1.74 bits per heavy atom. The minimum absolute atomic E-state index is 0.0471. The van der Waals surface area contributed by atoms with E-state index in [2.05, 4.69) is 44.3 Å². The molecule has 4 aromatic rings. The number of amides is 1. The first-order valence-electron chi connectivity index (χ1n) is 9.19. The Hall–Kier alpha value is -3.07. The molecule has 1 N–H and O–H groups in total. The van der Waals surface area contributed by atoms with Crippen LogP contribution in [0.15, 0.2) is 71.3 Å². The molecule has 27 heavy (non-hydrogen) atoms. The minimum Gasteiger partial charge on any atom is -0.464 e. The molecule has 0 spiro atoms. The molecular formula is C24H23NO2. The summed E-state index contributed by atoms with van der Waals surface area (Å²) in [6.07, 6.45) is 1.98. The van der Waals surface area contributed by atoms with Gasteiger partial charge in [-0.15, -0.1) is 0 Å². The minimum atomic E-state index is -0.0471. The highest BCUT2D eigenvalue weighted by Gasteiger charge is 2.17. The Morgan fingerprint density at radius 3 is 2.52 bits per heavy atom. The second kappa shape index (κ2) is 6.58. The van der Waals surface area contributed by atoms with Crippen LogP contribution in [0.1, 0.15) is 31.9 Å². The maximum Gasteiger partial charge on any atom is 0.228 e. The van der Waals surface area contributed by atoms with E-state index in [-0.39, 0.29) is 17.7 Å². The second-order valence-electron chi connectivity index (χ2n) is 8.01. The lowest BCUT2D eigenvalue weighted by Gasteiger charge is -2.18. The number of carbonyl (C=O) groups is 1. The van der Waals surface area contributed by atoms with Gasteiger partial charge in [-0.2, -0.15) is 0 Å². The summed E-state index contributed by atoms with van der Waals surface area (Å²) in [5.41, 5.74) is 3.82. The summed E-state index contributed by atoms with van der Waals surface area (Å²) in [6.45, 7) is 6.54. The van der Waals surface area contributed by atoms with Crippen molar-refractivity contribution in [3.05, 3.63) is 78.1 Å². The predicted molar refractivity (Wildman–Crippen MR) is 111 cm³/mol. The van der Waals surface area contributed by atoms with Crippen molar-refractivity contribution in [1.82, 2.24) is 0 Å². The predicted octanol–water partition coefficient (Wildman–Crippen LogP) is 6.06. The monoisotopic (exact) mass is 357 g/mol. The van der Waals surface area contributed by atoms with Gasteiger partial charge in [0.05, 0.1) is 12.7 Å². The van der Waals surface area contributed by atoms with Gasteiger partial charge in [-0.25, -0.2) is 0 Å². The summed E-state index contributed by atoms with van der Waals surface area (Å²) in [6, 6.07) is 20.3. The topological polar surface area (TPSA) is 42.2 Å². The molecule has 0 atom stereocenters. The summed E-state index contributed by atoms with van der Waals surface area (Å²) in [5.74, 6) is -0.0471. The van der Waals surface area contributed by atoms with Crippen LogP contribution >= 0.6 is 0 Å². The largest absolute Gasteiger partial charge is 0.464 e. The Kier molecular flexibility index (Phi) is 4.23. The highest BCUT2D eigenvalue weighted by atomic mass is 16.3. The molecule has 0 aliphatic carbocycles. The van der Waals surface area contributed by atoms with E-state index in [1.165, 1.54) is 5.56 Å². The van der Waals surface area contributed by atoms with Crippen molar-refractivity contribution in [3.63, 3.8) is 0 Å². The lowest BCUT2D eigenvalue weighted by molar-refractivity contribution is -0.115. The van der Waals surface area contributed by atoms with Gasteiger partial charge in [-0.3, -0.25) is 4.79 Å². The van der Waals surface area contributed by atoms with Crippen molar-refractivity contribution >= 4 is 33.3 Å². The molecule has 0 radical (unpaired) electrons. The van der Waals surface area contributed by atoms with Crippen molar-refractivity contribution in [2.75, 3.05) is 5.32 Å². The van der Waals surface area contributed by atoms with Crippen LogP contribution < -0.4 is 5.32 Å². The number of furan rings is 1. The van der Waals surface area contributed by atoms with E-state index < -0.39 is 0 Å². The first kappa shape index (κ1) is 17.3. The van der Waals surface area contributed by atoms with Crippen LogP contribution in [-0.2, 0) is 16.6 Å². The Labute approximate surface area is 159 Å². The number of hydrogen-bond acceptors (Lipinski definition) is 2. The molecule has 3 aromatic carbocycles. The molecule has 0 fully saturated rings. The third-order valence-corrected chi connectivity index (χ3v) is 4.90. The first-order valence-corrected chi connectivity index (χ1v) is 9.19. The van der Waals surface area contributed by atoms with Gasteiger partial charge in [-0.1, -0.05) is 57.2 Å². The van der Waals surface area contributed by atoms with Crippen LogP contribution in [0, 0.1) is 0 Å². The van der Waals surface area contributed by atoms with E-state index in [0.717, 1.165) is 33.0 Å². The molecule has 0 aliphatic heterocycles. The SMILES string of the molecule is CC(C)(C)c1ccc2occ(CC(=O)Nc3ccc4ccccc4c3)c2c1. The number of anilines is 1. The number of carbonyl (C=O) groups excluding carboxylic acids is 1. The van der Waals surface area contributed by atoms with E-state index in [1.807, 2.05) is 42.5 Å². The van der Waals surface area contributed by atoms with Crippen molar-refractivity contribution < 1.29 is 9.21 Å². The first-order chi connectivity index (χ1) is 12.9. The third kappa shape index (κ3) is 3.59. The molecule has 1 amide bonds. The van der Waals surface area contributed by atoms with E-state index in [1.54, 1.807) is 6.26 Å². The Morgan fingerprint density at radius 1 is 0.963 bits per heavy atom. The summed E-state index contributed by atoms with van der Waals surface area (Å²) >= 11 is 0. The van der Waals surface area contributed by atoms with Crippen LogP contribution in [0.4, 0.5) is 5.69 Å². The standard InChI is InChI=1S/C24H23NO2/c1-24(2,3)19-9-11-22-21(14-19)18(15-27-22)13-23(26)25-20-10-8-16-6-4-5-7-17(16)12-20/h4-12,14-15H,13H2,1-3H3,(H,25,26). The van der Waals surface area contributed by atoms with Crippen molar-refractivity contribution in [2.45, 2.75) is 32.6 Å². The van der Waals surface area contributed by atoms with Crippen LogP contribution in [0.3, 0.4) is 0 Å². The smallest absolute Gasteiger partial charge is 0.228 e. The van der Waals surface area contributed by atoms with Crippen LogP contribution in [0.25, 0.3) is 21.7 Å². The summed E-state index contributed by atoms with van der Waals surface area (Å²) < 4.78 is 5.65. The summed E-state index contributed by atoms with van der Waals surface area (Å²) in [5, 5.41) is 6.28. The highest BCUT2D eigenvalue weighted by Crippen LogP contribution is 2.29. The molecule has 0 aliphatic rings. The summed E-state index contributed by atoms with van der Waals surface area (Å²) in [4.78, 5) is 12.6. The van der Waals surface area contributed by atoms with Crippen LogP contribution in [0.2, 0.25) is 0 Å². The van der Waals surface area contributed by atoms with Crippen molar-refractivity contribution in [3.8, 4) is 0 Å². The van der Waals surface area contributed by atoms with E-state index in [4.69, 9.17) is 4.42 Å². The molecule has 0 saturated carbocycles. The van der Waals surface area contributed by atoms with Gasteiger partial charge in [0.15, 0.2) is 0 Å². The highest BCUT2D eigenvalue weighted by molar-refractivity contribution is 5.97. The Bertz CT molecular complexity index is 1130. The molecule has 3 nitrogen and oxygen atoms in total. The van der Waals surface area contributed by atoms with Crippen LogP contribution in [0.5, 0.6) is 0 Å². The van der Waals surface area contributed by atoms with Gasteiger partial charge < -0.3 is 9.73 Å².